The normalized spacial score (nSPS) is 17.8. The number of rotatable bonds is 4. The first kappa shape index (κ1) is 21.6. The molecule has 1 amide bonds. The number of aryl methyl sites for hydroxylation is 1. The maximum atomic E-state index is 13.4. The van der Waals surface area contributed by atoms with Crippen molar-refractivity contribution >= 4 is 39.2 Å². The second-order valence-electron chi connectivity index (χ2n) is 7.03. The summed E-state index contributed by atoms with van der Waals surface area (Å²) in [6.45, 7) is 1.63. The molecule has 0 radical (unpaired) electrons. The summed E-state index contributed by atoms with van der Waals surface area (Å²) in [4.78, 5) is 27.1. The number of benzene rings is 2. The van der Waals surface area contributed by atoms with E-state index >= 15 is 0 Å². The fraction of sp³-hybridized carbons (Fsp3) is 0.136. The highest BCUT2D eigenvalue weighted by Gasteiger charge is 2.48. The molecule has 3 aromatic rings. The number of carbonyl (C=O) groups excluding carboxylic acids is 2. The van der Waals surface area contributed by atoms with Crippen LogP contribution in [0.5, 0.6) is 11.5 Å². The van der Waals surface area contributed by atoms with Gasteiger partial charge in [-0.15, -0.1) is 0 Å². The number of amides is 1. The summed E-state index contributed by atoms with van der Waals surface area (Å²) in [6.07, 6.45) is 0. The maximum Gasteiger partial charge on any atom is 0.301 e. The van der Waals surface area contributed by atoms with Crippen molar-refractivity contribution in [1.29, 1.82) is 0 Å². The van der Waals surface area contributed by atoms with Crippen LogP contribution in [-0.4, -0.2) is 34.2 Å². The van der Waals surface area contributed by atoms with Gasteiger partial charge in [-0.1, -0.05) is 5.16 Å². The molecule has 10 heteroatoms. The molecular weight excluding hydrogens is 487 g/mol. The molecule has 164 valence electrons. The Bertz CT molecular complexity index is 1270. The highest BCUT2D eigenvalue weighted by Crippen LogP contribution is 2.45. The van der Waals surface area contributed by atoms with Gasteiger partial charge in [-0.25, -0.2) is 4.39 Å². The standard InChI is InChI=1S/C22H16BrFN2O6/c1-10-7-16(25-32-10)26-18(12-8-14(23)20(28)15(9-12)31-2)17(21(29)22(26)30)19(27)11-3-5-13(24)6-4-11/h3-9,18,27-28H,1-2H3/b19-17+/t18-/m1/s1. The zero-order valence-electron chi connectivity index (χ0n) is 16.8. The second-order valence-corrected chi connectivity index (χ2v) is 7.88. The fourth-order valence-electron chi connectivity index (χ4n) is 3.52. The zero-order chi connectivity index (χ0) is 23.2. The van der Waals surface area contributed by atoms with Crippen LogP contribution in [0.2, 0.25) is 0 Å². The van der Waals surface area contributed by atoms with Gasteiger partial charge >= 0.3 is 5.91 Å². The highest BCUT2D eigenvalue weighted by atomic mass is 79.9. The van der Waals surface area contributed by atoms with Gasteiger partial charge in [0, 0.05) is 11.6 Å². The average molecular weight is 503 g/mol. The van der Waals surface area contributed by atoms with E-state index in [1.807, 2.05) is 0 Å². The number of ether oxygens (including phenoxy) is 1. The summed E-state index contributed by atoms with van der Waals surface area (Å²) in [5.41, 5.74) is 0.257. The van der Waals surface area contributed by atoms with Crippen molar-refractivity contribution in [2.45, 2.75) is 13.0 Å². The Morgan fingerprint density at radius 3 is 2.50 bits per heavy atom. The number of methoxy groups -OCH3 is 1. The van der Waals surface area contributed by atoms with Crippen LogP contribution in [0.15, 0.2) is 57.0 Å². The number of phenols is 1. The molecule has 2 aromatic carbocycles. The van der Waals surface area contributed by atoms with Gasteiger partial charge in [0.05, 0.1) is 23.2 Å². The first-order valence-corrected chi connectivity index (χ1v) is 10.1. The Morgan fingerprint density at radius 1 is 1.22 bits per heavy atom. The lowest BCUT2D eigenvalue weighted by Gasteiger charge is -2.23. The topological polar surface area (TPSA) is 113 Å². The molecular formula is C22H16BrFN2O6. The first-order chi connectivity index (χ1) is 15.2. The molecule has 4 rings (SSSR count). The van der Waals surface area contributed by atoms with Crippen LogP contribution in [0.1, 0.15) is 22.9 Å². The lowest BCUT2D eigenvalue weighted by Crippen LogP contribution is -2.29. The maximum absolute atomic E-state index is 13.4. The van der Waals surface area contributed by atoms with E-state index in [2.05, 4.69) is 21.1 Å². The lowest BCUT2D eigenvalue weighted by atomic mass is 9.95. The molecule has 2 heterocycles. The molecule has 8 nitrogen and oxygen atoms in total. The quantitative estimate of drug-likeness (QED) is 0.311. The van der Waals surface area contributed by atoms with E-state index < -0.39 is 29.3 Å². The minimum atomic E-state index is -1.13. The largest absolute Gasteiger partial charge is 0.507 e. The summed E-state index contributed by atoms with van der Waals surface area (Å²) in [5.74, 6) is -2.53. The number of aliphatic hydroxyl groups excluding tert-OH is 1. The van der Waals surface area contributed by atoms with Crippen molar-refractivity contribution in [3.8, 4) is 11.5 Å². The van der Waals surface area contributed by atoms with Crippen molar-refractivity contribution in [3.63, 3.8) is 0 Å². The Labute approximate surface area is 189 Å². The number of anilines is 1. The third-order valence-electron chi connectivity index (χ3n) is 5.01. The van der Waals surface area contributed by atoms with E-state index in [4.69, 9.17) is 9.26 Å². The molecule has 1 fully saturated rings. The summed E-state index contributed by atoms with van der Waals surface area (Å²) < 4.78 is 23.9. The first-order valence-electron chi connectivity index (χ1n) is 9.29. The number of ketones is 1. The smallest absolute Gasteiger partial charge is 0.301 e. The van der Waals surface area contributed by atoms with E-state index in [-0.39, 0.29) is 32.9 Å². The van der Waals surface area contributed by atoms with Crippen LogP contribution in [0.4, 0.5) is 10.2 Å². The third-order valence-corrected chi connectivity index (χ3v) is 5.62. The van der Waals surface area contributed by atoms with Crippen LogP contribution in [0.25, 0.3) is 5.76 Å². The van der Waals surface area contributed by atoms with Gasteiger partial charge < -0.3 is 19.5 Å². The van der Waals surface area contributed by atoms with Gasteiger partial charge in [0.15, 0.2) is 17.3 Å². The van der Waals surface area contributed by atoms with E-state index in [0.717, 1.165) is 17.0 Å². The van der Waals surface area contributed by atoms with Gasteiger partial charge in [0.1, 0.15) is 17.3 Å². The minimum Gasteiger partial charge on any atom is -0.507 e. The Kier molecular flexibility index (Phi) is 5.47. The van der Waals surface area contributed by atoms with Gasteiger partial charge in [-0.2, -0.15) is 0 Å². The molecule has 32 heavy (non-hydrogen) atoms. The Balaban J connectivity index is 1.99. The monoisotopic (exact) mass is 502 g/mol. The fourth-order valence-corrected chi connectivity index (χ4v) is 3.98. The molecule has 2 N–H and O–H groups in total. The SMILES string of the molecule is COc1cc([C@@H]2/C(=C(\O)c3ccc(F)cc3)C(=O)C(=O)N2c2cc(C)on2)cc(Br)c1O. The van der Waals surface area contributed by atoms with Gasteiger partial charge in [0.25, 0.3) is 5.78 Å². The predicted molar refractivity (Wildman–Crippen MR) is 115 cm³/mol. The van der Waals surface area contributed by atoms with Crippen molar-refractivity contribution < 1.29 is 33.5 Å². The molecule has 1 aliphatic heterocycles. The summed E-state index contributed by atoms with van der Waals surface area (Å²) >= 11 is 3.23. The molecule has 0 bridgehead atoms. The van der Waals surface area contributed by atoms with Crippen LogP contribution in [-0.2, 0) is 9.59 Å². The molecule has 1 saturated heterocycles. The molecule has 0 saturated carbocycles. The van der Waals surface area contributed by atoms with Gasteiger partial charge in [-0.3, -0.25) is 14.5 Å². The number of aliphatic hydroxyl groups is 1. The molecule has 1 atom stereocenters. The third kappa shape index (κ3) is 3.52. The van der Waals surface area contributed by atoms with Crippen LogP contribution in [0, 0.1) is 12.7 Å². The lowest BCUT2D eigenvalue weighted by molar-refractivity contribution is -0.132. The van der Waals surface area contributed by atoms with Crippen molar-refractivity contribution in [2.24, 2.45) is 0 Å². The van der Waals surface area contributed by atoms with E-state index in [1.54, 1.807) is 6.92 Å². The summed E-state index contributed by atoms with van der Waals surface area (Å²) in [5, 5.41) is 25.0. The Morgan fingerprint density at radius 2 is 1.91 bits per heavy atom. The number of halogens is 2. The zero-order valence-corrected chi connectivity index (χ0v) is 18.4. The van der Waals surface area contributed by atoms with Crippen LogP contribution in [0.3, 0.4) is 0 Å². The summed E-state index contributed by atoms with van der Waals surface area (Å²) in [6, 6.07) is 8.12. The number of Topliss-reactive ketones (excluding diaryl/α,β-unsaturated/α-hetero) is 1. The van der Waals surface area contributed by atoms with Crippen molar-refractivity contribution in [3.05, 3.63) is 75.2 Å². The average Bonchev–Trinajstić information content (AvgIpc) is 3.31. The number of hydrogen-bond donors (Lipinski definition) is 2. The number of aromatic hydroxyl groups is 1. The second kappa shape index (κ2) is 8.12. The number of phenolic OH excluding ortho intramolecular Hbond substituents is 1. The van der Waals surface area contributed by atoms with Crippen LogP contribution < -0.4 is 9.64 Å². The Hall–Kier alpha value is -3.66. The number of hydrogen-bond acceptors (Lipinski definition) is 7. The van der Waals surface area contributed by atoms with E-state index in [1.165, 1.54) is 37.4 Å². The molecule has 0 spiro atoms. The van der Waals surface area contributed by atoms with Gasteiger partial charge in [-0.05, 0) is 64.8 Å². The molecule has 0 aliphatic carbocycles. The van der Waals surface area contributed by atoms with E-state index in [9.17, 15) is 24.2 Å². The van der Waals surface area contributed by atoms with Crippen molar-refractivity contribution in [1.82, 2.24) is 5.16 Å². The van der Waals surface area contributed by atoms with Gasteiger partial charge in [0.2, 0.25) is 0 Å². The predicted octanol–water partition coefficient (Wildman–Crippen LogP) is 4.23. The number of aromatic nitrogens is 1. The molecule has 1 aliphatic rings. The highest BCUT2D eigenvalue weighted by molar-refractivity contribution is 9.10. The molecule has 1 aromatic heterocycles. The minimum absolute atomic E-state index is 0.0657. The van der Waals surface area contributed by atoms with Crippen LogP contribution >= 0.6 is 15.9 Å². The molecule has 0 unspecified atom stereocenters. The summed E-state index contributed by atoms with van der Waals surface area (Å²) in [7, 11) is 1.35. The van der Waals surface area contributed by atoms with E-state index in [0.29, 0.717) is 11.3 Å². The number of nitrogens with zero attached hydrogens (tertiary/aromatic N) is 2. The van der Waals surface area contributed by atoms with Crippen molar-refractivity contribution in [2.75, 3.05) is 12.0 Å². The number of carbonyl (C=O) groups is 2.